The Morgan fingerprint density at radius 1 is 1.25 bits per heavy atom. The number of hydrogen-bond donors (Lipinski definition) is 2. The van der Waals surface area contributed by atoms with Crippen molar-refractivity contribution in [2.24, 2.45) is 0 Å². The topological polar surface area (TPSA) is 53.4 Å². The van der Waals surface area contributed by atoms with Gasteiger partial charge in [-0.15, -0.1) is 0 Å². The van der Waals surface area contributed by atoms with Gasteiger partial charge in [0.15, 0.2) is 0 Å². The van der Waals surface area contributed by atoms with Gasteiger partial charge in [-0.25, -0.2) is 0 Å². The lowest BCUT2D eigenvalue weighted by atomic mass is 9.80. The molecule has 16 heavy (non-hydrogen) atoms. The molecule has 0 aromatic carbocycles. The summed E-state index contributed by atoms with van der Waals surface area (Å²) >= 11 is 3.47. The molecule has 3 nitrogen and oxygen atoms in total. The van der Waals surface area contributed by atoms with Gasteiger partial charge in [-0.3, -0.25) is 4.98 Å². The van der Waals surface area contributed by atoms with Crippen LogP contribution in [0, 0.1) is 0 Å². The quantitative estimate of drug-likeness (QED) is 0.810. The van der Waals surface area contributed by atoms with Crippen LogP contribution in [0.25, 0.3) is 0 Å². The molecule has 1 aliphatic carbocycles. The van der Waals surface area contributed by atoms with Gasteiger partial charge >= 0.3 is 7.12 Å². The van der Waals surface area contributed by atoms with Crippen LogP contribution in [0.4, 0.5) is 0 Å². The molecule has 1 aromatic rings. The van der Waals surface area contributed by atoms with E-state index >= 15 is 0 Å². The standard InChI is InChI=1S/C11H15BBrNO2/c13-10-6-9(12(15)16)7-14-11(10)8-4-2-1-3-5-8/h6-8,15-16H,1-5H2. The molecule has 1 aliphatic rings. The van der Waals surface area contributed by atoms with E-state index < -0.39 is 7.12 Å². The zero-order valence-electron chi connectivity index (χ0n) is 9.06. The molecule has 0 saturated heterocycles. The van der Waals surface area contributed by atoms with Gasteiger partial charge in [-0.05, 0) is 34.8 Å². The maximum Gasteiger partial charge on any atom is 0.490 e. The summed E-state index contributed by atoms with van der Waals surface area (Å²) in [5, 5.41) is 18.1. The molecule has 1 saturated carbocycles. The van der Waals surface area contributed by atoms with Crippen LogP contribution in [0.1, 0.15) is 43.7 Å². The minimum Gasteiger partial charge on any atom is -0.423 e. The second-order valence-corrected chi connectivity index (χ2v) is 5.20. The minimum absolute atomic E-state index is 0.437. The van der Waals surface area contributed by atoms with Crippen LogP contribution in [0.3, 0.4) is 0 Å². The Kier molecular flexibility index (Phi) is 4.00. The Morgan fingerprint density at radius 3 is 2.50 bits per heavy atom. The van der Waals surface area contributed by atoms with Gasteiger partial charge in [0.25, 0.3) is 0 Å². The Labute approximate surface area is 104 Å². The van der Waals surface area contributed by atoms with Crippen LogP contribution < -0.4 is 5.46 Å². The molecule has 1 aromatic heterocycles. The Hall–Kier alpha value is -0.385. The van der Waals surface area contributed by atoms with E-state index in [9.17, 15) is 0 Å². The smallest absolute Gasteiger partial charge is 0.423 e. The molecular weight excluding hydrogens is 269 g/mol. The molecule has 0 unspecified atom stereocenters. The molecule has 2 N–H and O–H groups in total. The number of halogens is 1. The highest BCUT2D eigenvalue weighted by Gasteiger charge is 2.21. The number of nitrogens with zero attached hydrogens (tertiary/aromatic N) is 1. The SMILES string of the molecule is OB(O)c1cnc(C2CCCCC2)c(Br)c1. The lowest BCUT2D eigenvalue weighted by molar-refractivity contribution is 0.424. The van der Waals surface area contributed by atoms with E-state index in [-0.39, 0.29) is 0 Å². The zero-order valence-corrected chi connectivity index (χ0v) is 10.7. The van der Waals surface area contributed by atoms with Crippen molar-refractivity contribution in [3.8, 4) is 0 Å². The van der Waals surface area contributed by atoms with Gasteiger partial charge in [0, 0.05) is 22.1 Å². The van der Waals surface area contributed by atoms with E-state index in [0.29, 0.717) is 11.4 Å². The molecular formula is C11H15BBrNO2. The molecule has 0 radical (unpaired) electrons. The lowest BCUT2D eigenvalue weighted by Gasteiger charge is -2.22. The van der Waals surface area contributed by atoms with Gasteiger partial charge in [0.2, 0.25) is 0 Å². The van der Waals surface area contributed by atoms with Crippen LogP contribution in [-0.4, -0.2) is 22.2 Å². The molecule has 86 valence electrons. The number of hydrogen-bond acceptors (Lipinski definition) is 3. The van der Waals surface area contributed by atoms with Gasteiger partial charge in [0.05, 0.1) is 5.69 Å². The van der Waals surface area contributed by atoms with Crippen LogP contribution in [0.15, 0.2) is 16.7 Å². The van der Waals surface area contributed by atoms with E-state index in [1.54, 1.807) is 12.3 Å². The maximum absolute atomic E-state index is 9.04. The van der Waals surface area contributed by atoms with Gasteiger partial charge in [-0.2, -0.15) is 0 Å². The molecule has 0 spiro atoms. The van der Waals surface area contributed by atoms with E-state index in [1.807, 2.05) is 0 Å². The van der Waals surface area contributed by atoms with Crippen molar-refractivity contribution in [2.75, 3.05) is 0 Å². The van der Waals surface area contributed by atoms with Gasteiger partial charge in [0.1, 0.15) is 0 Å². The van der Waals surface area contributed by atoms with Crippen molar-refractivity contribution < 1.29 is 10.0 Å². The third-order valence-electron chi connectivity index (χ3n) is 3.18. The molecule has 0 aliphatic heterocycles. The van der Waals surface area contributed by atoms with E-state index in [1.165, 1.54) is 32.1 Å². The fourth-order valence-corrected chi connectivity index (χ4v) is 2.97. The fourth-order valence-electron chi connectivity index (χ4n) is 2.28. The monoisotopic (exact) mass is 283 g/mol. The predicted molar refractivity (Wildman–Crippen MR) is 67.6 cm³/mol. The van der Waals surface area contributed by atoms with Crippen LogP contribution in [-0.2, 0) is 0 Å². The van der Waals surface area contributed by atoms with Crippen molar-refractivity contribution in [2.45, 2.75) is 38.0 Å². The first-order chi connectivity index (χ1) is 7.68. The third kappa shape index (κ3) is 2.65. The summed E-state index contributed by atoms with van der Waals surface area (Å²) in [6.07, 6.45) is 7.78. The summed E-state index contributed by atoms with van der Waals surface area (Å²) in [5.74, 6) is 0.521. The maximum atomic E-state index is 9.04. The first-order valence-electron chi connectivity index (χ1n) is 5.70. The van der Waals surface area contributed by atoms with Crippen molar-refractivity contribution in [1.29, 1.82) is 0 Å². The van der Waals surface area contributed by atoms with Gasteiger partial charge in [-0.1, -0.05) is 19.3 Å². The zero-order chi connectivity index (χ0) is 11.5. The Bertz CT molecular complexity index is 367. The lowest BCUT2D eigenvalue weighted by Crippen LogP contribution is -2.30. The van der Waals surface area contributed by atoms with Crippen LogP contribution in [0.2, 0.25) is 0 Å². The number of aromatic nitrogens is 1. The van der Waals surface area contributed by atoms with Crippen LogP contribution >= 0.6 is 15.9 Å². The molecule has 1 fully saturated rings. The average Bonchev–Trinajstić information content (AvgIpc) is 2.30. The summed E-state index contributed by atoms with van der Waals surface area (Å²) in [4.78, 5) is 4.36. The molecule has 0 atom stereocenters. The number of rotatable bonds is 2. The second-order valence-electron chi connectivity index (χ2n) is 4.34. The highest BCUT2D eigenvalue weighted by molar-refractivity contribution is 9.10. The highest BCUT2D eigenvalue weighted by Crippen LogP contribution is 2.34. The summed E-state index contributed by atoms with van der Waals surface area (Å²) < 4.78 is 0.894. The van der Waals surface area contributed by atoms with E-state index in [4.69, 9.17) is 10.0 Å². The largest absolute Gasteiger partial charge is 0.490 e. The summed E-state index contributed by atoms with van der Waals surface area (Å²) in [6, 6.07) is 1.75. The van der Waals surface area contributed by atoms with Crippen molar-refractivity contribution in [3.05, 3.63) is 22.4 Å². The summed E-state index contributed by atoms with van der Waals surface area (Å²) in [6.45, 7) is 0. The van der Waals surface area contributed by atoms with Crippen molar-refractivity contribution in [1.82, 2.24) is 4.98 Å². The average molecular weight is 284 g/mol. The molecule has 2 rings (SSSR count). The fraction of sp³-hybridized carbons (Fsp3) is 0.545. The molecule has 5 heteroatoms. The van der Waals surface area contributed by atoms with E-state index in [2.05, 4.69) is 20.9 Å². The van der Waals surface area contributed by atoms with Crippen molar-refractivity contribution in [3.63, 3.8) is 0 Å². The van der Waals surface area contributed by atoms with Gasteiger partial charge < -0.3 is 10.0 Å². The third-order valence-corrected chi connectivity index (χ3v) is 3.82. The number of pyridine rings is 1. The second kappa shape index (κ2) is 5.30. The summed E-state index contributed by atoms with van der Waals surface area (Å²) in [5.41, 5.74) is 1.50. The molecule has 1 heterocycles. The normalized spacial score (nSPS) is 17.4. The van der Waals surface area contributed by atoms with E-state index in [0.717, 1.165) is 10.2 Å². The molecule has 0 amide bonds. The Morgan fingerprint density at radius 2 is 1.94 bits per heavy atom. The van der Waals surface area contributed by atoms with Crippen LogP contribution in [0.5, 0.6) is 0 Å². The Balaban J connectivity index is 2.21. The first kappa shape index (κ1) is 12.1. The molecule has 0 bridgehead atoms. The minimum atomic E-state index is -1.44. The van der Waals surface area contributed by atoms with Crippen molar-refractivity contribution >= 4 is 28.5 Å². The predicted octanol–water partition coefficient (Wildman–Crippen LogP) is 1.57. The summed E-state index contributed by atoms with van der Waals surface area (Å²) in [7, 11) is -1.44. The first-order valence-corrected chi connectivity index (χ1v) is 6.49. The highest BCUT2D eigenvalue weighted by atomic mass is 79.9.